The van der Waals surface area contributed by atoms with Gasteiger partial charge in [-0.2, -0.15) is 10.3 Å². The monoisotopic (exact) mass is 472 g/mol. The summed E-state index contributed by atoms with van der Waals surface area (Å²) in [6.07, 6.45) is 11.8. The molecule has 0 bridgehead atoms. The van der Waals surface area contributed by atoms with Crippen molar-refractivity contribution in [1.82, 2.24) is 40.0 Å². The largest absolute Gasteiger partial charge is 0.313 e. The highest BCUT2D eigenvalue weighted by atomic mass is 15.5. The van der Waals surface area contributed by atoms with E-state index in [2.05, 4.69) is 87.2 Å². The molecule has 0 spiro atoms. The van der Waals surface area contributed by atoms with Gasteiger partial charge in [0.15, 0.2) is 5.82 Å². The second-order valence-corrected chi connectivity index (χ2v) is 10.0. The second kappa shape index (κ2) is 10.5. The Morgan fingerprint density at radius 3 is 2.54 bits per heavy atom. The summed E-state index contributed by atoms with van der Waals surface area (Å²) in [4.78, 5) is 4.82. The Morgan fingerprint density at radius 1 is 1.06 bits per heavy atom. The van der Waals surface area contributed by atoms with Crippen LogP contribution in [0.25, 0.3) is 17.2 Å². The molecule has 0 aliphatic heterocycles. The third kappa shape index (κ3) is 5.06. The number of aromatic amines is 1. The van der Waals surface area contributed by atoms with Crippen LogP contribution in [0, 0.1) is 0 Å². The van der Waals surface area contributed by atoms with Gasteiger partial charge in [0.1, 0.15) is 5.82 Å². The van der Waals surface area contributed by atoms with Crippen LogP contribution in [-0.2, 0) is 13.0 Å². The molecule has 0 radical (unpaired) electrons. The minimum Gasteiger partial charge on any atom is -0.313 e. The molecule has 8 heteroatoms. The predicted molar refractivity (Wildman–Crippen MR) is 137 cm³/mol. The number of nitrogens with zero attached hydrogens (tertiary/aromatic N) is 7. The number of aryl methyl sites for hydroxylation is 1. The fourth-order valence-corrected chi connectivity index (χ4v) is 5.12. The van der Waals surface area contributed by atoms with Crippen molar-refractivity contribution in [1.29, 1.82) is 0 Å². The van der Waals surface area contributed by atoms with E-state index in [1.165, 1.54) is 43.2 Å². The molecule has 0 saturated heterocycles. The van der Waals surface area contributed by atoms with Crippen molar-refractivity contribution in [3.8, 4) is 17.2 Å². The third-order valence-corrected chi connectivity index (χ3v) is 7.10. The lowest BCUT2D eigenvalue weighted by atomic mass is 9.84. The van der Waals surface area contributed by atoms with Gasteiger partial charge in [0.2, 0.25) is 5.82 Å². The average Bonchev–Trinajstić information content (AvgIpc) is 3.63. The molecule has 3 aromatic heterocycles. The fourth-order valence-electron chi connectivity index (χ4n) is 5.12. The molecule has 0 unspecified atom stereocenters. The van der Waals surface area contributed by atoms with Crippen LogP contribution in [0.5, 0.6) is 0 Å². The summed E-state index contributed by atoms with van der Waals surface area (Å²) in [5, 5.41) is 20.0. The Hall–Kier alpha value is -3.29. The molecule has 1 aromatic carbocycles. The zero-order valence-electron chi connectivity index (χ0n) is 21.1. The van der Waals surface area contributed by atoms with E-state index in [1.807, 2.05) is 0 Å². The van der Waals surface area contributed by atoms with E-state index in [9.17, 15) is 0 Å². The van der Waals surface area contributed by atoms with Crippen LogP contribution < -0.4 is 0 Å². The van der Waals surface area contributed by atoms with Crippen molar-refractivity contribution in [2.45, 2.75) is 90.5 Å². The zero-order chi connectivity index (χ0) is 24.2. The van der Waals surface area contributed by atoms with E-state index in [0.717, 1.165) is 48.8 Å². The predicted octanol–water partition coefficient (Wildman–Crippen LogP) is 5.81. The summed E-state index contributed by atoms with van der Waals surface area (Å²) in [7, 11) is 0. The maximum Gasteiger partial charge on any atom is 0.221 e. The summed E-state index contributed by atoms with van der Waals surface area (Å²) in [6, 6.07) is 11.0. The van der Waals surface area contributed by atoms with Crippen molar-refractivity contribution in [3.05, 3.63) is 59.3 Å². The molecular formula is C27H36N8. The standard InChI is InChI=1S/C27H36N8/c1-4-5-11-24-28-26(19(2)3)31-35(24)18-20-12-14-22(15-13-20)34-17-16-23(21-9-7-6-8-10-21)25(34)27-29-32-33-30-27/h12-17,19,21H,4-11,18H2,1-3H3,(H,29,30,32,33). The van der Waals surface area contributed by atoms with Gasteiger partial charge in [-0.15, -0.1) is 10.2 Å². The second-order valence-electron chi connectivity index (χ2n) is 10.0. The van der Waals surface area contributed by atoms with Gasteiger partial charge in [-0.05, 0) is 59.7 Å². The molecular weight excluding hydrogens is 436 g/mol. The van der Waals surface area contributed by atoms with Gasteiger partial charge >= 0.3 is 0 Å². The minimum absolute atomic E-state index is 0.328. The molecule has 8 nitrogen and oxygen atoms in total. The molecule has 1 aliphatic rings. The first kappa shape index (κ1) is 23.5. The van der Waals surface area contributed by atoms with E-state index >= 15 is 0 Å². The summed E-state index contributed by atoms with van der Waals surface area (Å²) < 4.78 is 4.29. The van der Waals surface area contributed by atoms with Crippen LogP contribution in [0.15, 0.2) is 36.5 Å². The van der Waals surface area contributed by atoms with E-state index < -0.39 is 0 Å². The van der Waals surface area contributed by atoms with Crippen LogP contribution in [0.2, 0.25) is 0 Å². The third-order valence-electron chi connectivity index (χ3n) is 7.10. The lowest BCUT2D eigenvalue weighted by Gasteiger charge is -2.22. The van der Waals surface area contributed by atoms with Crippen LogP contribution in [0.4, 0.5) is 0 Å². The van der Waals surface area contributed by atoms with Crippen molar-refractivity contribution in [2.75, 3.05) is 0 Å². The Kier molecular flexibility index (Phi) is 7.06. The number of nitrogens with one attached hydrogen (secondary N) is 1. The van der Waals surface area contributed by atoms with E-state index in [1.54, 1.807) is 0 Å². The molecule has 1 saturated carbocycles. The van der Waals surface area contributed by atoms with Gasteiger partial charge in [-0.1, -0.05) is 58.6 Å². The molecule has 0 atom stereocenters. The lowest BCUT2D eigenvalue weighted by molar-refractivity contribution is 0.444. The number of H-pyrrole nitrogens is 1. The van der Waals surface area contributed by atoms with Gasteiger partial charge < -0.3 is 4.57 Å². The minimum atomic E-state index is 0.328. The molecule has 184 valence electrons. The normalized spacial score (nSPS) is 14.7. The molecule has 3 heterocycles. The fraction of sp³-hybridized carbons (Fsp3) is 0.519. The van der Waals surface area contributed by atoms with Crippen LogP contribution >= 0.6 is 0 Å². The van der Waals surface area contributed by atoms with E-state index in [-0.39, 0.29) is 0 Å². The SMILES string of the molecule is CCCCc1nc(C(C)C)nn1Cc1ccc(-n2ccc(C3CCCCC3)c2-c2nn[nH]n2)cc1. The highest BCUT2D eigenvalue weighted by Crippen LogP contribution is 2.38. The lowest BCUT2D eigenvalue weighted by Crippen LogP contribution is -2.08. The number of unbranched alkanes of at least 4 members (excludes halogenated alkanes) is 1. The molecule has 35 heavy (non-hydrogen) atoms. The first-order chi connectivity index (χ1) is 17.1. The van der Waals surface area contributed by atoms with E-state index in [0.29, 0.717) is 17.7 Å². The van der Waals surface area contributed by atoms with Crippen molar-refractivity contribution >= 4 is 0 Å². The number of aromatic nitrogens is 8. The van der Waals surface area contributed by atoms with Gasteiger partial charge in [0.05, 0.1) is 12.2 Å². The maximum atomic E-state index is 4.82. The van der Waals surface area contributed by atoms with Gasteiger partial charge in [-0.25, -0.2) is 9.67 Å². The Balaban J connectivity index is 1.42. The summed E-state index contributed by atoms with van der Waals surface area (Å²) in [5.74, 6) is 3.56. The first-order valence-corrected chi connectivity index (χ1v) is 13.1. The van der Waals surface area contributed by atoms with Crippen molar-refractivity contribution in [2.24, 2.45) is 0 Å². The Labute approximate surface area is 207 Å². The number of hydrogen-bond acceptors (Lipinski definition) is 5. The molecule has 5 rings (SSSR count). The number of tetrazole rings is 1. The van der Waals surface area contributed by atoms with Crippen molar-refractivity contribution < 1.29 is 0 Å². The van der Waals surface area contributed by atoms with Gasteiger partial charge in [-0.3, -0.25) is 0 Å². The zero-order valence-corrected chi connectivity index (χ0v) is 21.1. The highest BCUT2D eigenvalue weighted by Gasteiger charge is 2.24. The summed E-state index contributed by atoms with van der Waals surface area (Å²) in [5.41, 5.74) is 4.70. The Morgan fingerprint density at radius 2 is 1.86 bits per heavy atom. The molecule has 1 N–H and O–H groups in total. The number of hydrogen-bond donors (Lipinski definition) is 1. The van der Waals surface area contributed by atoms with Gasteiger partial charge in [0.25, 0.3) is 0 Å². The average molecular weight is 473 g/mol. The molecule has 4 aromatic rings. The van der Waals surface area contributed by atoms with Gasteiger partial charge in [0, 0.05) is 24.2 Å². The van der Waals surface area contributed by atoms with Crippen molar-refractivity contribution in [3.63, 3.8) is 0 Å². The topological polar surface area (TPSA) is 90.1 Å². The van der Waals surface area contributed by atoms with Crippen LogP contribution in [0.1, 0.15) is 100 Å². The molecule has 0 amide bonds. The van der Waals surface area contributed by atoms with Crippen LogP contribution in [-0.4, -0.2) is 40.0 Å². The molecule has 1 aliphatic carbocycles. The smallest absolute Gasteiger partial charge is 0.221 e. The first-order valence-electron chi connectivity index (χ1n) is 13.1. The highest BCUT2D eigenvalue weighted by molar-refractivity contribution is 5.61. The maximum absolute atomic E-state index is 4.82. The number of benzene rings is 1. The summed E-state index contributed by atoms with van der Waals surface area (Å²) >= 11 is 0. The Bertz CT molecular complexity index is 1210. The quantitative estimate of drug-likeness (QED) is 0.332. The summed E-state index contributed by atoms with van der Waals surface area (Å²) in [6.45, 7) is 7.25. The van der Waals surface area contributed by atoms with E-state index in [4.69, 9.17) is 10.1 Å². The number of rotatable bonds is 9. The molecule has 1 fully saturated rings. The van der Waals surface area contributed by atoms with Crippen LogP contribution in [0.3, 0.4) is 0 Å².